The molecular formula is C20H15FO3S. The van der Waals surface area contributed by atoms with Gasteiger partial charge in [-0.05, 0) is 47.2 Å². The number of carbonyl (C=O) groups excluding carboxylic acids is 2. The number of halogens is 1. The fourth-order valence-corrected chi connectivity index (χ4v) is 3.05. The lowest BCUT2D eigenvalue weighted by atomic mass is 10.1. The number of Topliss-reactive ketones (excluding diaryl/α,β-unsaturated/α-hetero) is 1. The van der Waals surface area contributed by atoms with E-state index in [2.05, 4.69) is 0 Å². The second-order valence-corrected chi connectivity index (χ2v) is 6.44. The van der Waals surface area contributed by atoms with Crippen LogP contribution < -0.4 is 0 Å². The monoisotopic (exact) mass is 354 g/mol. The average Bonchev–Trinajstić information content (AvgIpc) is 2.65. The molecule has 0 saturated carbocycles. The summed E-state index contributed by atoms with van der Waals surface area (Å²) in [7, 11) is 0. The lowest BCUT2D eigenvalue weighted by Gasteiger charge is -2.05. The number of rotatable bonds is 6. The maximum Gasteiger partial charge on any atom is 0.316 e. The van der Waals surface area contributed by atoms with Gasteiger partial charge in [0.2, 0.25) is 0 Å². The highest BCUT2D eigenvalue weighted by Crippen LogP contribution is 2.23. The van der Waals surface area contributed by atoms with Gasteiger partial charge >= 0.3 is 5.97 Å². The van der Waals surface area contributed by atoms with E-state index in [4.69, 9.17) is 4.74 Å². The van der Waals surface area contributed by atoms with Crippen molar-refractivity contribution in [3.8, 4) is 0 Å². The van der Waals surface area contributed by atoms with Crippen molar-refractivity contribution in [1.82, 2.24) is 0 Å². The van der Waals surface area contributed by atoms with Crippen LogP contribution in [0.15, 0.2) is 71.6 Å². The average molecular weight is 354 g/mol. The number of fused-ring (bicyclic) bond motifs is 1. The summed E-state index contributed by atoms with van der Waals surface area (Å²) in [5, 5.41) is 2.24. The molecule has 0 N–H and O–H groups in total. The smallest absolute Gasteiger partial charge is 0.316 e. The number of ether oxygens (including phenoxy) is 1. The number of benzene rings is 3. The van der Waals surface area contributed by atoms with E-state index >= 15 is 0 Å². The van der Waals surface area contributed by atoms with Gasteiger partial charge < -0.3 is 4.74 Å². The minimum Gasteiger partial charge on any atom is -0.457 e. The van der Waals surface area contributed by atoms with Crippen molar-refractivity contribution in [1.29, 1.82) is 0 Å². The molecule has 3 nitrogen and oxygen atoms in total. The van der Waals surface area contributed by atoms with Crippen LogP contribution in [0.4, 0.5) is 4.39 Å². The van der Waals surface area contributed by atoms with Crippen molar-refractivity contribution in [3.63, 3.8) is 0 Å². The van der Waals surface area contributed by atoms with Crippen LogP contribution in [0.2, 0.25) is 0 Å². The van der Waals surface area contributed by atoms with Gasteiger partial charge in [-0.25, -0.2) is 4.39 Å². The summed E-state index contributed by atoms with van der Waals surface area (Å²) >= 11 is 1.36. The van der Waals surface area contributed by atoms with E-state index < -0.39 is 11.8 Å². The SMILES string of the molecule is O=C(CSc1ccc2ccccc2c1)OCC(=O)c1ccc(F)cc1. The molecule has 0 aliphatic heterocycles. The molecule has 0 saturated heterocycles. The summed E-state index contributed by atoms with van der Waals surface area (Å²) < 4.78 is 17.8. The standard InChI is InChI=1S/C20H15FO3S/c21-17-8-5-15(6-9-17)19(22)12-24-20(23)13-25-18-10-7-14-3-1-2-4-16(14)11-18/h1-11H,12-13H2. The zero-order valence-electron chi connectivity index (χ0n) is 13.3. The van der Waals surface area contributed by atoms with Gasteiger partial charge in [-0.2, -0.15) is 0 Å². The summed E-state index contributed by atoms with van der Waals surface area (Å²) in [5.41, 5.74) is 0.316. The van der Waals surface area contributed by atoms with Gasteiger partial charge in [-0.1, -0.05) is 30.3 Å². The van der Waals surface area contributed by atoms with Crippen molar-refractivity contribution >= 4 is 34.3 Å². The van der Waals surface area contributed by atoms with Crippen LogP contribution in [0.3, 0.4) is 0 Å². The van der Waals surface area contributed by atoms with E-state index in [1.165, 1.54) is 36.0 Å². The summed E-state index contributed by atoms with van der Waals surface area (Å²) in [6, 6.07) is 19.1. The molecule has 0 heterocycles. The predicted molar refractivity (Wildman–Crippen MR) is 96.4 cm³/mol. The van der Waals surface area contributed by atoms with E-state index in [0.717, 1.165) is 15.7 Å². The molecule has 0 fully saturated rings. The Morgan fingerprint density at radius 3 is 2.40 bits per heavy atom. The number of hydrogen-bond donors (Lipinski definition) is 0. The van der Waals surface area contributed by atoms with Gasteiger partial charge in [0.1, 0.15) is 5.82 Å². The summed E-state index contributed by atoms with van der Waals surface area (Å²) in [4.78, 5) is 24.6. The molecule has 3 aromatic carbocycles. The molecule has 3 aromatic rings. The third kappa shape index (κ3) is 4.67. The molecule has 0 aliphatic carbocycles. The van der Waals surface area contributed by atoms with Crippen molar-refractivity contribution in [2.45, 2.75) is 4.90 Å². The fourth-order valence-electron chi connectivity index (χ4n) is 2.31. The number of hydrogen-bond acceptors (Lipinski definition) is 4. The molecule has 0 spiro atoms. The lowest BCUT2D eigenvalue weighted by molar-refractivity contribution is -0.139. The molecule has 0 aromatic heterocycles. The van der Waals surface area contributed by atoms with Gasteiger partial charge in [-0.3, -0.25) is 9.59 Å². The zero-order chi connectivity index (χ0) is 17.6. The van der Waals surface area contributed by atoms with Gasteiger partial charge in [0.05, 0.1) is 5.75 Å². The summed E-state index contributed by atoms with van der Waals surface area (Å²) in [5.74, 6) is -1.12. The highest BCUT2D eigenvalue weighted by atomic mass is 32.2. The van der Waals surface area contributed by atoms with Crippen LogP contribution in [0, 0.1) is 5.82 Å². The molecule has 3 rings (SSSR count). The van der Waals surface area contributed by atoms with E-state index in [0.29, 0.717) is 5.56 Å². The molecule has 126 valence electrons. The van der Waals surface area contributed by atoms with Crippen LogP contribution in [0.25, 0.3) is 10.8 Å². The van der Waals surface area contributed by atoms with Crippen molar-refractivity contribution < 1.29 is 18.7 Å². The molecule has 25 heavy (non-hydrogen) atoms. The Morgan fingerprint density at radius 1 is 0.920 bits per heavy atom. The van der Waals surface area contributed by atoms with Crippen LogP contribution in [0.5, 0.6) is 0 Å². The van der Waals surface area contributed by atoms with Crippen molar-refractivity contribution in [2.75, 3.05) is 12.4 Å². The molecule has 0 bridgehead atoms. The quantitative estimate of drug-likeness (QED) is 0.371. The largest absolute Gasteiger partial charge is 0.457 e. The molecular weight excluding hydrogens is 339 g/mol. The molecule has 0 aliphatic rings. The maximum absolute atomic E-state index is 12.8. The Morgan fingerprint density at radius 2 is 1.64 bits per heavy atom. The van der Waals surface area contributed by atoms with Crippen LogP contribution in [-0.4, -0.2) is 24.1 Å². The molecule has 5 heteroatoms. The Bertz CT molecular complexity index is 906. The van der Waals surface area contributed by atoms with E-state index in [-0.39, 0.29) is 18.1 Å². The first kappa shape index (κ1) is 17.2. The Hall–Kier alpha value is -2.66. The Kier molecular flexibility index (Phi) is 5.46. The second-order valence-electron chi connectivity index (χ2n) is 5.39. The highest BCUT2D eigenvalue weighted by Gasteiger charge is 2.10. The van der Waals surface area contributed by atoms with E-state index in [1.54, 1.807) is 0 Å². The summed E-state index contributed by atoms with van der Waals surface area (Å²) in [6.07, 6.45) is 0. The number of thioether (sulfide) groups is 1. The first-order valence-corrected chi connectivity index (χ1v) is 8.66. The topological polar surface area (TPSA) is 43.4 Å². The number of esters is 1. The number of ketones is 1. The normalized spacial score (nSPS) is 10.6. The molecule has 0 radical (unpaired) electrons. The third-order valence-corrected chi connectivity index (χ3v) is 4.58. The minimum atomic E-state index is -0.464. The van der Waals surface area contributed by atoms with Crippen LogP contribution in [0.1, 0.15) is 10.4 Å². The second kappa shape index (κ2) is 7.94. The first-order chi connectivity index (χ1) is 12.1. The van der Waals surface area contributed by atoms with E-state index in [1.807, 2.05) is 42.5 Å². The molecule has 0 atom stereocenters. The molecule has 0 unspecified atom stereocenters. The predicted octanol–water partition coefficient (Wildman–Crippen LogP) is 4.50. The van der Waals surface area contributed by atoms with Gasteiger partial charge in [0, 0.05) is 10.5 Å². The third-order valence-electron chi connectivity index (χ3n) is 3.61. The van der Waals surface area contributed by atoms with Crippen LogP contribution in [-0.2, 0) is 9.53 Å². The number of carbonyl (C=O) groups is 2. The lowest BCUT2D eigenvalue weighted by Crippen LogP contribution is -2.15. The Balaban J connectivity index is 1.50. The van der Waals surface area contributed by atoms with E-state index in [9.17, 15) is 14.0 Å². The Labute approximate surface area is 148 Å². The maximum atomic E-state index is 12.8. The highest BCUT2D eigenvalue weighted by molar-refractivity contribution is 8.00. The van der Waals surface area contributed by atoms with Gasteiger partial charge in [0.15, 0.2) is 12.4 Å². The van der Waals surface area contributed by atoms with Gasteiger partial charge in [-0.15, -0.1) is 11.8 Å². The van der Waals surface area contributed by atoms with Crippen molar-refractivity contribution in [2.24, 2.45) is 0 Å². The zero-order valence-corrected chi connectivity index (χ0v) is 14.1. The summed E-state index contributed by atoms with van der Waals surface area (Å²) in [6.45, 7) is -0.344. The van der Waals surface area contributed by atoms with Crippen molar-refractivity contribution in [3.05, 3.63) is 78.1 Å². The van der Waals surface area contributed by atoms with Crippen LogP contribution >= 0.6 is 11.8 Å². The first-order valence-electron chi connectivity index (χ1n) is 7.68. The fraction of sp³-hybridized carbons (Fsp3) is 0.100. The minimum absolute atomic E-state index is 0.120. The molecule has 0 amide bonds. The van der Waals surface area contributed by atoms with Gasteiger partial charge in [0.25, 0.3) is 0 Å².